The van der Waals surface area contributed by atoms with Crippen molar-refractivity contribution in [3.8, 4) is 11.5 Å². The molecule has 0 aliphatic carbocycles. The molecule has 4 rings (SSSR count). The highest BCUT2D eigenvalue weighted by Gasteiger charge is 2.19. The molecule has 0 radical (unpaired) electrons. The second-order valence-corrected chi connectivity index (χ2v) is 7.96. The second kappa shape index (κ2) is 11.8. The van der Waals surface area contributed by atoms with Crippen LogP contribution in [0.4, 0.5) is 5.69 Å². The lowest BCUT2D eigenvalue weighted by molar-refractivity contribution is -0.119. The summed E-state index contributed by atoms with van der Waals surface area (Å²) in [6, 6.07) is 16.2. The molecule has 1 aromatic heterocycles. The summed E-state index contributed by atoms with van der Waals surface area (Å²) in [6.07, 6.45) is 4.36. The molecule has 2 heterocycles. The van der Waals surface area contributed by atoms with Gasteiger partial charge in [0.1, 0.15) is 6.26 Å². The highest BCUT2D eigenvalue weighted by Crippen LogP contribution is 2.21. The molecule has 7 nitrogen and oxygen atoms in total. The van der Waals surface area contributed by atoms with E-state index in [0.29, 0.717) is 31.4 Å². The zero-order valence-corrected chi connectivity index (χ0v) is 21.3. The van der Waals surface area contributed by atoms with Gasteiger partial charge in [-0.3, -0.25) is 9.79 Å². The minimum absolute atomic E-state index is 0. The van der Waals surface area contributed by atoms with Crippen molar-refractivity contribution in [2.45, 2.75) is 39.3 Å². The number of rotatable bonds is 6. The first-order valence-electron chi connectivity index (χ1n) is 11.0. The molecule has 174 valence electrons. The van der Waals surface area contributed by atoms with E-state index in [4.69, 9.17) is 4.42 Å². The average molecular weight is 559 g/mol. The van der Waals surface area contributed by atoms with Crippen molar-refractivity contribution in [3.63, 3.8) is 0 Å². The Morgan fingerprint density at radius 3 is 2.48 bits per heavy atom. The maximum absolute atomic E-state index is 12.1. The lowest BCUT2D eigenvalue weighted by atomic mass is 10.1. The van der Waals surface area contributed by atoms with Crippen LogP contribution >= 0.6 is 24.0 Å². The fraction of sp³-hybridized carbons (Fsp3) is 0.320. The molecule has 0 saturated carbocycles. The monoisotopic (exact) mass is 559 g/mol. The van der Waals surface area contributed by atoms with Gasteiger partial charge in [-0.25, -0.2) is 4.98 Å². The van der Waals surface area contributed by atoms with Crippen LogP contribution in [-0.4, -0.2) is 30.4 Å². The van der Waals surface area contributed by atoms with Crippen LogP contribution in [0.15, 0.2) is 64.2 Å². The van der Waals surface area contributed by atoms with E-state index >= 15 is 0 Å². The van der Waals surface area contributed by atoms with Gasteiger partial charge >= 0.3 is 0 Å². The molecular formula is C25H30IN5O2. The van der Waals surface area contributed by atoms with E-state index in [1.807, 2.05) is 53.4 Å². The maximum Gasteiger partial charge on any atom is 0.226 e. The van der Waals surface area contributed by atoms with E-state index in [2.05, 4.69) is 27.5 Å². The minimum Gasteiger partial charge on any atom is -0.444 e. The van der Waals surface area contributed by atoms with Crippen LogP contribution in [0.2, 0.25) is 0 Å². The number of hydrogen-bond donors (Lipinski definition) is 2. The third-order valence-electron chi connectivity index (χ3n) is 5.54. The first-order valence-corrected chi connectivity index (χ1v) is 11.0. The largest absolute Gasteiger partial charge is 0.444 e. The number of guanidine groups is 1. The number of amides is 1. The Kier molecular flexibility index (Phi) is 8.87. The van der Waals surface area contributed by atoms with Crippen molar-refractivity contribution in [1.82, 2.24) is 15.6 Å². The topological polar surface area (TPSA) is 82.8 Å². The summed E-state index contributed by atoms with van der Waals surface area (Å²) in [4.78, 5) is 22.8. The number of halogens is 1. The number of nitrogens with one attached hydrogen (secondary N) is 2. The molecule has 3 aromatic rings. The van der Waals surface area contributed by atoms with Crippen LogP contribution in [0.5, 0.6) is 0 Å². The number of oxazole rings is 1. The summed E-state index contributed by atoms with van der Waals surface area (Å²) in [5, 5.41) is 6.57. The van der Waals surface area contributed by atoms with Crippen LogP contribution in [0, 0.1) is 6.92 Å². The van der Waals surface area contributed by atoms with E-state index in [-0.39, 0.29) is 29.9 Å². The molecule has 0 spiro atoms. The number of aliphatic imine (C=N–C) groups is 1. The van der Waals surface area contributed by atoms with Gasteiger partial charge in [-0.2, -0.15) is 0 Å². The molecule has 1 fully saturated rings. The summed E-state index contributed by atoms with van der Waals surface area (Å²) >= 11 is 0. The van der Waals surface area contributed by atoms with Crippen molar-refractivity contribution in [3.05, 3.63) is 71.6 Å². The van der Waals surface area contributed by atoms with Gasteiger partial charge in [0.2, 0.25) is 11.8 Å². The van der Waals surface area contributed by atoms with E-state index in [9.17, 15) is 4.79 Å². The Labute approximate surface area is 211 Å². The zero-order valence-electron chi connectivity index (χ0n) is 19.0. The smallest absolute Gasteiger partial charge is 0.226 e. The van der Waals surface area contributed by atoms with Gasteiger partial charge in [-0.1, -0.05) is 29.8 Å². The zero-order chi connectivity index (χ0) is 22.3. The summed E-state index contributed by atoms with van der Waals surface area (Å²) in [5.41, 5.74) is 5.05. The normalized spacial score (nSPS) is 14.1. The fourth-order valence-electron chi connectivity index (χ4n) is 3.67. The quantitative estimate of drug-likeness (QED) is 0.261. The van der Waals surface area contributed by atoms with E-state index < -0.39 is 0 Å². The number of aromatic nitrogens is 1. The molecule has 1 amide bonds. The number of benzene rings is 2. The number of anilines is 1. The Hall–Kier alpha value is -2.88. The van der Waals surface area contributed by atoms with Crippen molar-refractivity contribution in [2.24, 2.45) is 4.99 Å². The number of nitrogens with zero attached hydrogens (tertiary/aromatic N) is 3. The molecule has 0 unspecified atom stereocenters. The highest BCUT2D eigenvalue weighted by molar-refractivity contribution is 14.0. The van der Waals surface area contributed by atoms with Crippen LogP contribution in [-0.2, 0) is 17.9 Å². The predicted molar refractivity (Wildman–Crippen MR) is 142 cm³/mol. The Bertz CT molecular complexity index is 1080. The molecule has 1 aliphatic rings. The van der Waals surface area contributed by atoms with Crippen molar-refractivity contribution in [2.75, 3.05) is 18.5 Å². The standard InChI is InChI=1S/C25H29N5O2.HI/c1-18-6-10-20(11-7-18)24-29-21(17-32-24)16-28-25(26-2)27-15-19-8-12-22(13-9-19)30-14-4-3-5-23(30)31;/h6-13,17H,3-5,14-16H2,1-2H3,(H2,26,27,28);1H. The third kappa shape index (κ3) is 6.56. The number of carbonyl (C=O) groups is 1. The lowest BCUT2D eigenvalue weighted by Gasteiger charge is -2.26. The number of aryl methyl sites for hydroxylation is 1. The van der Waals surface area contributed by atoms with Gasteiger partial charge in [0.15, 0.2) is 5.96 Å². The predicted octanol–water partition coefficient (Wildman–Crippen LogP) is 4.65. The first-order chi connectivity index (χ1) is 15.6. The average Bonchev–Trinajstić information content (AvgIpc) is 3.29. The van der Waals surface area contributed by atoms with E-state index in [0.717, 1.165) is 41.9 Å². The van der Waals surface area contributed by atoms with Crippen LogP contribution in [0.25, 0.3) is 11.5 Å². The molecule has 1 aliphatic heterocycles. The third-order valence-corrected chi connectivity index (χ3v) is 5.54. The van der Waals surface area contributed by atoms with Gasteiger partial charge < -0.3 is 20.0 Å². The molecule has 2 aromatic carbocycles. The van der Waals surface area contributed by atoms with Crippen LogP contribution in [0.1, 0.15) is 36.1 Å². The van der Waals surface area contributed by atoms with Crippen molar-refractivity contribution < 1.29 is 9.21 Å². The SMILES string of the molecule is CN=C(NCc1ccc(N2CCCCC2=O)cc1)NCc1coc(-c2ccc(C)cc2)n1.I. The highest BCUT2D eigenvalue weighted by atomic mass is 127. The summed E-state index contributed by atoms with van der Waals surface area (Å²) < 4.78 is 5.62. The summed E-state index contributed by atoms with van der Waals surface area (Å²) in [7, 11) is 1.74. The van der Waals surface area contributed by atoms with Gasteiger partial charge in [0, 0.05) is 37.8 Å². The van der Waals surface area contributed by atoms with E-state index in [1.165, 1.54) is 5.56 Å². The number of piperidine rings is 1. The van der Waals surface area contributed by atoms with Crippen LogP contribution in [0.3, 0.4) is 0 Å². The van der Waals surface area contributed by atoms with Crippen molar-refractivity contribution in [1.29, 1.82) is 0 Å². The van der Waals surface area contributed by atoms with Gasteiger partial charge in [-0.15, -0.1) is 24.0 Å². The summed E-state index contributed by atoms with van der Waals surface area (Å²) in [5.74, 6) is 1.50. The van der Waals surface area contributed by atoms with Gasteiger partial charge in [0.05, 0.1) is 12.2 Å². The Morgan fingerprint density at radius 1 is 1.06 bits per heavy atom. The molecule has 8 heteroatoms. The minimum atomic E-state index is 0. The van der Waals surface area contributed by atoms with Gasteiger partial charge in [0.25, 0.3) is 0 Å². The molecular weight excluding hydrogens is 529 g/mol. The van der Waals surface area contributed by atoms with Crippen LogP contribution < -0.4 is 15.5 Å². The Balaban J connectivity index is 0.00000306. The fourth-order valence-corrected chi connectivity index (χ4v) is 3.67. The van der Waals surface area contributed by atoms with Crippen molar-refractivity contribution >= 4 is 41.5 Å². The molecule has 33 heavy (non-hydrogen) atoms. The Morgan fingerprint density at radius 2 is 1.79 bits per heavy atom. The number of carbonyl (C=O) groups excluding carboxylic acids is 1. The lowest BCUT2D eigenvalue weighted by Crippen LogP contribution is -2.36. The van der Waals surface area contributed by atoms with E-state index in [1.54, 1.807) is 13.3 Å². The van der Waals surface area contributed by atoms with Gasteiger partial charge in [-0.05, 0) is 49.6 Å². The molecule has 0 atom stereocenters. The molecule has 0 bridgehead atoms. The summed E-state index contributed by atoms with van der Waals surface area (Å²) in [6.45, 7) is 3.99. The first kappa shape index (κ1) is 24.8. The maximum atomic E-state index is 12.1. The second-order valence-electron chi connectivity index (χ2n) is 7.96. The number of hydrogen-bond acceptors (Lipinski definition) is 4. The molecule has 1 saturated heterocycles. The molecule has 2 N–H and O–H groups in total.